The van der Waals surface area contributed by atoms with Crippen LogP contribution in [0.4, 0.5) is 5.69 Å². The first-order valence-corrected chi connectivity index (χ1v) is 10.8. The van der Waals surface area contributed by atoms with Crippen molar-refractivity contribution in [2.45, 2.75) is 19.5 Å². The van der Waals surface area contributed by atoms with Crippen LogP contribution in [0.5, 0.6) is 0 Å². The smallest absolute Gasteiger partial charge is 0.168 e. The van der Waals surface area contributed by atoms with Gasteiger partial charge in [-0.1, -0.05) is 54.6 Å². The fourth-order valence-corrected chi connectivity index (χ4v) is 3.68. The zero-order valence-electron chi connectivity index (χ0n) is 18.0. The lowest BCUT2D eigenvalue weighted by molar-refractivity contribution is 0.557. The van der Waals surface area contributed by atoms with Crippen LogP contribution >= 0.6 is 0 Å². The van der Waals surface area contributed by atoms with Gasteiger partial charge in [0.2, 0.25) is 0 Å². The van der Waals surface area contributed by atoms with Crippen molar-refractivity contribution in [3.63, 3.8) is 0 Å². The Kier molecular flexibility index (Phi) is 7.12. The molecular formula is C27H28N4O. The van der Waals surface area contributed by atoms with Crippen LogP contribution in [-0.4, -0.2) is 12.4 Å². The third kappa shape index (κ3) is 5.52. The molecule has 1 heterocycles. The molecule has 32 heavy (non-hydrogen) atoms. The normalized spacial score (nSPS) is 11.6. The van der Waals surface area contributed by atoms with E-state index >= 15 is 0 Å². The van der Waals surface area contributed by atoms with Crippen molar-refractivity contribution in [2.24, 2.45) is 16.5 Å². The van der Waals surface area contributed by atoms with Crippen LogP contribution in [0.15, 0.2) is 101 Å². The summed E-state index contributed by atoms with van der Waals surface area (Å²) in [4.78, 5) is 4.45. The summed E-state index contributed by atoms with van der Waals surface area (Å²) in [5.74, 6) is 0.941. The van der Waals surface area contributed by atoms with Gasteiger partial charge in [0.15, 0.2) is 11.6 Å². The minimum absolute atomic E-state index is 0.369. The van der Waals surface area contributed by atoms with E-state index in [0.29, 0.717) is 18.1 Å². The van der Waals surface area contributed by atoms with E-state index in [4.69, 9.17) is 15.9 Å². The van der Waals surface area contributed by atoms with E-state index in [1.165, 1.54) is 22.3 Å². The first-order chi connectivity index (χ1) is 15.7. The number of benzene rings is 3. The Hall–Kier alpha value is -3.67. The maximum absolute atomic E-state index is 6.03. The predicted octanol–water partition coefficient (Wildman–Crippen LogP) is 4.77. The molecule has 5 N–H and O–H groups in total. The first-order valence-electron chi connectivity index (χ1n) is 10.8. The Bertz CT molecular complexity index is 1170. The summed E-state index contributed by atoms with van der Waals surface area (Å²) < 4.78 is 5.29. The molecule has 1 aromatic heterocycles. The summed E-state index contributed by atoms with van der Waals surface area (Å²) in [6, 6.07) is 28.6. The molecule has 0 aliphatic rings. The van der Waals surface area contributed by atoms with Crippen molar-refractivity contribution in [3.05, 3.63) is 114 Å². The van der Waals surface area contributed by atoms with Gasteiger partial charge in [0.1, 0.15) is 0 Å². The predicted molar refractivity (Wildman–Crippen MR) is 131 cm³/mol. The lowest BCUT2D eigenvalue weighted by Gasteiger charge is -2.12. The fourth-order valence-electron chi connectivity index (χ4n) is 3.68. The van der Waals surface area contributed by atoms with Crippen molar-refractivity contribution >= 4 is 11.5 Å². The monoisotopic (exact) mass is 424 g/mol. The van der Waals surface area contributed by atoms with E-state index < -0.39 is 0 Å². The number of amidine groups is 1. The highest BCUT2D eigenvalue weighted by Gasteiger charge is 2.05. The van der Waals surface area contributed by atoms with E-state index in [1.807, 2.05) is 24.3 Å². The van der Waals surface area contributed by atoms with Crippen LogP contribution in [0.3, 0.4) is 0 Å². The van der Waals surface area contributed by atoms with Crippen LogP contribution in [0.2, 0.25) is 0 Å². The van der Waals surface area contributed by atoms with E-state index in [1.54, 1.807) is 18.4 Å². The van der Waals surface area contributed by atoms with Crippen molar-refractivity contribution in [3.8, 4) is 11.1 Å². The highest BCUT2D eigenvalue weighted by atomic mass is 16.3. The Morgan fingerprint density at radius 1 is 0.844 bits per heavy atom. The van der Waals surface area contributed by atoms with Crippen LogP contribution in [0, 0.1) is 0 Å². The summed E-state index contributed by atoms with van der Waals surface area (Å²) in [6.07, 6.45) is 2.51. The number of nitrogens with two attached hydrogens (primary N) is 2. The number of hydrogen-bond acceptors (Lipinski definition) is 4. The van der Waals surface area contributed by atoms with Crippen LogP contribution in [0.25, 0.3) is 11.1 Å². The van der Waals surface area contributed by atoms with Gasteiger partial charge in [0.25, 0.3) is 0 Å². The molecule has 0 spiro atoms. The van der Waals surface area contributed by atoms with Gasteiger partial charge in [-0.05, 0) is 71.1 Å². The second kappa shape index (κ2) is 10.6. The van der Waals surface area contributed by atoms with Crippen molar-refractivity contribution in [2.75, 3.05) is 6.54 Å². The van der Waals surface area contributed by atoms with E-state index in [2.05, 4.69) is 58.8 Å². The van der Waals surface area contributed by atoms with Crippen LogP contribution in [-0.2, 0) is 19.5 Å². The number of rotatable bonds is 9. The average Bonchev–Trinajstić information content (AvgIpc) is 3.38. The molecule has 0 saturated heterocycles. The van der Waals surface area contributed by atoms with Gasteiger partial charge in [0.05, 0.1) is 12.0 Å². The van der Waals surface area contributed by atoms with Crippen LogP contribution < -0.4 is 16.8 Å². The van der Waals surface area contributed by atoms with Gasteiger partial charge in [-0.15, -0.1) is 0 Å². The number of nitrogens with one attached hydrogen (secondary N) is 1. The molecule has 0 saturated carbocycles. The topological polar surface area (TPSA) is 89.6 Å². The number of furan rings is 1. The van der Waals surface area contributed by atoms with E-state index in [0.717, 1.165) is 30.8 Å². The van der Waals surface area contributed by atoms with Crippen molar-refractivity contribution in [1.29, 1.82) is 0 Å². The minimum atomic E-state index is 0.369. The first kappa shape index (κ1) is 21.6. The number of aliphatic imine (C=N–C) groups is 1. The maximum atomic E-state index is 6.03. The molecule has 0 atom stereocenters. The highest BCUT2D eigenvalue weighted by molar-refractivity contribution is 5.96. The molecule has 0 bridgehead atoms. The Morgan fingerprint density at radius 2 is 1.72 bits per heavy atom. The van der Waals surface area contributed by atoms with Crippen LogP contribution in [0.1, 0.15) is 22.5 Å². The van der Waals surface area contributed by atoms with Gasteiger partial charge in [-0.3, -0.25) is 0 Å². The maximum Gasteiger partial charge on any atom is 0.168 e. The summed E-state index contributed by atoms with van der Waals surface area (Å²) in [6.45, 7) is 2.15. The van der Waals surface area contributed by atoms with Crippen molar-refractivity contribution in [1.82, 2.24) is 5.32 Å². The molecule has 4 aromatic rings. The molecule has 0 fully saturated rings. The van der Waals surface area contributed by atoms with Crippen molar-refractivity contribution < 1.29 is 4.42 Å². The van der Waals surface area contributed by atoms with E-state index in [-0.39, 0.29) is 0 Å². The number of nitrogens with zero attached hydrogens (tertiary/aromatic N) is 1. The summed E-state index contributed by atoms with van der Waals surface area (Å²) in [5, 5.41) is 3.52. The third-order valence-corrected chi connectivity index (χ3v) is 5.37. The summed E-state index contributed by atoms with van der Waals surface area (Å²) in [7, 11) is 0. The molecule has 0 aliphatic carbocycles. The highest BCUT2D eigenvalue weighted by Crippen LogP contribution is 2.23. The molecule has 162 valence electrons. The average molecular weight is 425 g/mol. The molecular weight excluding hydrogens is 396 g/mol. The number of hydrogen-bond donors (Lipinski definition) is 3. The lowest BCUT2D eigenvalue weighted by atomic mass is 9.97. The summed E-state index contributed by atoms with van der Waals surface area (Å²) >= 11 is 0. The van der Waals surface area contributed by atoms with Gasteiger partial charge in [-0.25, -0.2) is 4.99 Å². The van der Waals surface area contributed by atoms with Gasteiger partial charge in [-0.2, -0.15) is 0 Å². The second-order valence-electron chi connectivity index (χ2n) is 7.62. The Labute approximate surface area is 188 Å². The SMILES string of the molecule is NCc1cc(-c2ccccc2)ccc1CCNCc1cccc(N=C(N)c2ccco2)c1. The van der Waals surface area contributed by atoms with E-state index in [9.17, 15) is 0 Å². The molecule has 0 radical (unpaired) electrons. The standard InChI is InChI=1S/C27H28N4O/c28-18-24-17-23(21-7-2-1-3-8-21)12-11-22(24)13-14-30-19-20-6-4-9-25(16-20)31-27(29)26-10-5-15-32-26/h1-12,15-17,30H,13-14,18-19,28H2,(H2,29,31). The fraction of sp³-hybridized carbons (Fsp3) is 0.148. The molecule has 5 heteroatoms. The molecule has 3 aromatic carbocycles. The third-order valence-electron chi connectivity index (χ3n) is 5.37. The minimum Gasteiger partial charge on any atom is -0.461 e. The molecule has 4 rings (SSSR count). The molecule has 0 unspecified atom stereocenters. The van der Waals surface area contributed by atoms with Gasteiger partial charge in [0, 0.05) is 13.1 Å². The molecule has 0 aliphatic heterocycles. The zero-order chi connectivity index (χ0) is 22.2. The second-order valence-corrected chi connectivity index (χ2v) is 7.62. The van der Waals surface area contributed by atoms with Gasteiger partial charge >= 0.3 is 0 Å². The zero-order valence-corrected chi connectivity index (χ0v) is 18.0. The van der Waals surface area contributed by atoms with Gasteiger partial charge < -0.3 is 21.2 Å². The molecule has 0 amide bonds. The summed E-state index contributed by atoms with van der Waals surface area (Å²) in [5.41, 5.74) is 18.9. The Morgan fingerprint density at radius 3 is 2.50 bits per heavy atom. The molecule has 5 nitrogen and oxygen atoms in total. The quantitative estimate of drug-likeness (QED) is 0.205. The largest absolute Gasteiger partial charge is 0.461 e. The Balaban J connectivity index is 1.34. The lowest BCUT2D eigenvalue weighted by Crippen LogP contribution is -2.17.